The molecule has 1 amide bonds. The van der Waals surface area contributed by atoms with E-state index in [4.69, 9.17) is 14.7 Å². The van der Waals surface area contributed by atoms with Crippen molar-refractivity contribution in [3.8, 4) is 11.8 Å². The number of nitrogens with zero attached hydrogens (tertiary/aromatic N) is 3. The van der Waals surface area contributed by atoms with Gasteiger partial charge in [0.05, 0.1) is 37.5 Å². The topological polar surface area (TPSA) is 77.8 Å². The average Bonchev–Trinajstić information content (AvgIpc) is 2.81. The molecular weight excluding hydrogens is 404 g/mol. The molecule has 0 spiro atoms. The third kappa shape index (κ3) is 6.07. The molecule has 0 aromatic heterocycles. The number of hydrogen-bond acceptors (Lipinski definition) is 6. The van der Waals surface area contributed by atoms with Gasteiger partial charge in [-0.3, -0.25) is 14.6 Å². The quantitative estimate of drug-likeness (QED) is 0.683. The van der Waals surface area contributed by atoms with Gasteiger partial charge in [0, 0.05) is 39.3 Å². The second kappa shape index (κ2) is 10.6. The fourth-order valence-corrected chi connectivity index (χ4v) is 4.44. The van der Waals surface area contributed by atoms with Gasteiger partial charge >= 0.3 is 0 Å². The third-order valence-corrected chi connectivity index (χ3v) is 6.02. The molecular formula is C25H30N4O3. The van der Waals surface area contributed by atoms with Crippen molar-refractivity contribution in [2.75, 3.05) is 46.4 Å². The normalized spacial score (nSPS) is 21.0. The molecule has 2 saturated heterocycles. The van der Waals surface area contributed by atoms with Gasteiger partial charge in [-0.15, -0.1) is 0 Å². The molecule has 2 heterocycles. The predicted molar refractivity (Wildman–Crippen MR) is 121 cm³/mol. The van der Waals surface area contributed by atoms with E-state index in [1.807, 2.05) is 24.3 Å². The maximum Gasteiger partial charge on any atom is 0.234 e. The first-order valence-electron chi connectivity index (χ1n) is 11.1. The van der Waals surface area contributed by atoms with Crippen molar-refractivity contribution in [1.82, 2.24) is 15.1 Å². The van der Waals surface area contributed by atoms with Crippen LogP contribution in [0.15, 0.2) is 48.5 Å². The third-order valence-electron chi connectivity index (χ3n) is 6.02. The summed E-state index contributed by atoms with van der Waals surface area (Å²) in [6.45, 7) is 5.19. The molecule has 168 valence electrons. The Balaban J connectivity index is 1.20. The number of carbonyl (C=O) groups excluding carboxylic acids is 1. The number of nitrogens with one attached hydrogen (secondary N) is 1. The molecule has 32 heavy (non-hydrogen) atoms. The molecule has 2 aromatic rings. The smallest absolute Gasteiger partial charge is 0.234 e. The van der Waals surface area contributed by atoms with Crippen molar-refractivity contribution in [2.24, 2.45) is 0 Å². The predicted octanol–water partition coefficient (Wildman–Crippen LogP) is 1.81. The van der Waals surface area contributed by atoms with E-state index < -0.39 is 0 Å². The lowest BCUT2D eigenvalue weighted by molar-refractivity contribution is -0.144. The first-order chi connectivity index (χ1) is 15.6. The number of hydrogen-bond donors (Lipinski definition) is 1. The highest BCUT2D eigenvalue weighted by Crippen LogP contribution is 2.20. The van der Waals surface area contributed by atoms with Crippen LogP contribution in [0.4, 0.5) is 0 Å². The van der Waals surface area contributed by atoms with Crippen molar-refractivity contribution in [1.29, 1.82) is 5.26 Å². The molecule has 2 bridgehead atoms. The van der Waals surface area contributed by atoms with Gasteiger partial charge in [-0.2, -0.15) is 5.26 Å². The molecule has 1 N–H and O–H groups in total. The van der Waals surface area contributed by atoms with Crippen LogP contribution in [-0.2, 0) is 22.5 Å². The summed E-state index contributed by atoms with van der Waals surface area (Å²) in [7, 11) is 1.70. The van der Waals surface area contributed by atoms with Crippen LogP contribution in [0.5, 0.6) is 5.75 Å². The molecule has 0 saturated carbocycles. The fourth-order valence-electron chi connectivity index (χ4n) is 4.44. The molecule has 0 aliphatic carbocycles. The number of fused-ring (bicyclic) bond motifs is 2. The lowest BCUT2D eigenvalue weighted by atomic mass is 10.1. The summed E-state index contributed by atoms with van der Waals surface area (Å²) in [4.78, 5) is 17.1. The lowest BCUT2D eigenvalue weighted by Gasteiger charge is -2.45. The molecule has 0 radical (unpaired) electrons. The molecule has 2 aliphatic heterocycles. The van der Waals surface area contributed by atoms with Gasteiger partial charge in [0.15, 0.2) is 0 Å². The molecule has 2 unspecified atom stereocenters. The number of methoxy groups -OCH3 is 1. The minimum atomic E-state index is 0.0178. The van der Waals surface area contributed by atoms with Gasteiger partial charge in [-0.05, 0) is 41.8 Å². The molecule has 2 aromatic carbocycles. The summed E-state index contributed by atoms with van der Waals surface area (Å²) in [5.41, 5.74) is 2.89. The van der Waals surface area contributed by atoms with Gasteiger partial charge in [0.2, 0.25) is 5.91 Å². The van der Waals surface area contributed by atoms with Crippen LogP contribution in [0.25, 0.3) is 0 Å². The maximum absolute atomic E-state index is 12.4. The Hall–Kier alpha value is -2.92. The van der Waals surface area contributed by atoms with Gasteiger partial charge < -0.3 is 14.8 Å². The standard InChI is InChI=1S/C25H30N4O3/c1-31-22-4-2-3-19(11-22)9-10-28-14-23-16-29(17-24(15-28)32-23)18-25(30)27-13-21-7-5-20(12-26)6-8-21/h2-8,11,23-24H,9-10,13-18H2,1H3,(H,27,30). The van der Waals surface area contributed by atoms with E-state index in [1.165, 1.54) is 5.56 Å². The Labute approximate surface area is 189 Å². The van der Waals surface area contributed by atoms with E-state index in [2.05, 4.69) is 33.3 Å². The Kier molecular flexibility index (Phi) is 7.38. The van der Waals surface area contributed by atoms with Gasteiger partial charge in [-0.25, -0.2) is 0 Å². The summed E-state index contributed by atoms with van der Waals surface area (Å²) < 4.78 is 11.5. The van der Waals surface area contributed by atoms with Crippen LogP contribution in [-0.4, -0.2) is 74.3 Å². The molecule has 2 fully saturated rings. The minimum absolute atomic E-state index is 0.0178. The lowest BCUT2D eigenvalue weighted by Crippen LogP contribution is -2.60. The van der Waals surface area contributed by atoms with E-state index in [-0.39, 0.29) is 18.1 Å². The second-order valence-electron chi connectivity index (χ2n) is 8.52. The number of morpholine rings is 2. The average molecular weight is 435 g/mol. The molecule has 7 heteroatoms. The zero-order valence-corrected chi connectivity index (χ0v) is 18.5. The summed E-state index contributed by atoms with van der Waals surface area (Å²) >= 11 is 0. The van der Waals surface area contributed by atoms with Crippen LogP contribution < -0.4 is 10.1 Å². The molecule has 2 aliphatic rings. The number of benzene rings is 2. The highest BCUT2D eigenvalue weighted by Gasteiger charge is 2.35. The van der Waals surface area contributed by atoms with E-state index >= 15 is 0 Å². The number of ether oxygens (including phenoxy) is 2. The minimum Gasteiger partial charge on any atom is -0.497 e. The Morgan fingerprint density at radius 1 is 1.09 bits per heavy atom. The number of rotatable bonds is 8. The van der Waals surface area contributed by atoms with Gasteiger partial charge in [-0.1, -0.05) is 24.3 Å². The van der Waals surface area contributed by atoms with E-state index in [1.54, 1.807) is 19.2 Å². The van der Waals surface area contributed by atoms with Crippen LogP contribution in [0.1, 0.15) is 16.7 Å². The van der Waals surface area contributed by atoms with Crippen LogP contribution in [0.3, 0.4) is 0 Å². The first kappa shape index (κ1) is 22.3. The summed E-state index contributed by atoms with van der Waals surface area (Å²) in [6, 6.07) is 17.6. The Bertz CT molecular complexity index is 942. The van der Waals surface area contributed by atoms with Crippen molar-refractivity contribution >= 4 is 5.91 Å². The Morgan fingerprint density at radius 3 is 2.50 bits per heavy atom. The molecule has 4 rings (SSSR count). The monoisotopic (exact) mass is 434 g/mol. The Morgan fingerprint density at radius 2 is 1.81 bits per heavy atom. The van der Waals surface area contributed by atoms with Crippen LogP contribution in [0, 0.1) is 11.3 Å². The largest absolute Gasteiger partial charge is 0.497 e. The van der Waals surface area contributed by atoms with E-state index in [0.29, 0.717) is 18.7 Å². The van der Waals surface area contributed by atoms with Crippen molar-refractivity contribution in [3.05, 3.63) is 65.2 Å². The van der Waals surface area contributed by atoms with Crippen LogP contribution >= 0.6 is 0 Å². The highest BCUT2D eigenvalue weighted by atomic mass is 16.5. The number of amides is 1. The fraction of sp³-hybridized carbons (Fsp3) is 0.440. The SMILES string of the molecule is COc1cccc(CCN2CC3CN(CC(=O)NCc4ccc(C#N)cc4)CC(C2)O3)c1. The van der Waals surface area contributed by atoms with E-state index in [0.717, 1.165) is 50.5 Å². The highest BCUT2D eigenvalue weighted by molar-refractivity contribution is 5.78. The zero-order chi connectivity index (χ0) is 22.3. The van der Waals surface area contributed by atoms with Crippen molar-refractivity contribution < 1.29 is 14.3 Å². The maximum atomic E-state index is 12.4. The summed E-state index contributed by atoms with van der Waals surface area (Å²) in [6.07, 6.45) is 1.26. The van der Waals surface area contributed by atoms with E-state index in [9.17, 15) is 4.79 Å². The zero-order valence-electron chi connectivity index (χ0n) is 18.5. The second-order valence-corrected chi connectivity index (χ2v) is 8.52. The number of carbonyl (C=O) groups is 1. The van der Waals surface area contributed by atoms with Crippen LogP contribution in [0.2, 0.25) is 0 Å². The van der Waals surface area contributed by atoms with Gasteiger partial charge in [0.25, 0.3) is 0 Å². The summed E-state index contributed by atoms with van der Waals surface area (Å²) in [5, 5.41) is 11.9. The molecule has 7 nitrogen and oxygen atoms in total. The number of nitriles is 1. The van der Waals surface area contributed by atoms with Crippen molar-refractivity contribution in [2.45, 2.75) is 25.2 Å². The molecule has 2 atom stereocenters. The van der Waals surface area contributed by atoms with Crippen molar-refractivity contribution in [3.63, 3.8) is 0 Å². The van der Waals surface area contributed by atoms with Gasteiger partial charge in [0.1, 0.15) is 5.75 Å². The summed E-state index contributed by atoms with van der Waals surface area (Å²) in [5.74, 6) is 0.915. The first-order valence-corrected chi connectivity index (χ1v) is 11.1.